The van der Waals surface area contributed by atoms with E-state index in [4.69, 9.17) is 0 Å². The summed E-state index contributed by atoms with van der Waals surface area (Å²) in [5, 5.41) is 0. The number of thioether (sulfide) groups is 1. The zero-order valence-electron chi connectivity index (χ0n) is 9.76. The molecule has 17 heavy (non-hydrogen) atoms. The van der Waals surface area contributed by atoms with Gasteiger partial charge in [-0.15, -0.1) is 11.8 Å². The van der Waals surface area contributed by atoms with Gasteiger partial charge in [0.1, 0.15) is 0 Å². The molecule has 0 fully saturated rings. The SMILES string of the molecule is COC(=O)CCSc1ccc(C(=O)OC)cc1. The number of ether oxygens (including phenoxy) is 2. The molecule has 4 nitrogen and oxygen atoms in total. The van der Waals surface area contributed by atoms with Crippen molar-refractivity contribution in [2.75, 3.05) is 20.0 Å². The summed E-state index contributed by atoms with van der Waals surface area (Å²) in [6.45, 7) is 0. The summed E-state index contributed by atoms with van der Waals surface area (Å²) in [5.74, 6) is 0.0874. The summed E-state index contributed by atoms with van der Waals surface area (Å²) in [7, 11) is 2.72. The maximum Gasteiger partial charge on any atom is 0.337 e. The van der Waals surface area contributed by atoms with Gasteiger partial charge in [0.15, 0.2) is 0 Å². The summed E-state index contributed by atoms with van der Waals surface area (Å²) in [6.07, 6.45) is 0.375. The maximum absolute atomic E-state index is 11.2. The van der Waals surface area contributed by atoms with Gasteiger partial charge in [0.2, 0.25) is 0 Å². The molecule has 0 heterocycles. The minimum absolute atomic E-state index is 0.219. The molecule has 1 aromatic carbocycles. The molecule has 0 aliphatic heterocycles. The molecule has 0 saturated heterocycles. The Morgan fingerprint density at radius 2 is 1.76 bits per heavy atom. The summed E-state index contributed by atoms with van der Waals surface area (Å²) in [5.41, 5.74) is 0.518. The molecule has 0 atom stereocenters. The highest BCUT2D eigenvalue weighted by molar-refractivity contribution is 7.99. The molecule has 92 valence electrons. The largest absolute Gasteiger partial charge is 0.469 e. The van der Waals surface area contributed by atoms with E-state index >= 15 is 0 Å². The average molecular weight is 254 g/mol. The van der Waals surface area contributed by atoms with Crippen LogP contribution in [0.5, 0.6) is 0 Å². The van der Waals surface area contributed by atoms with Crippen molar-refractivity contribution in [2.24, 2.45) is 0 Å². The Balaban J connectivity index is 2.46. The van der Waals surface area contributed by atoms with Crippen molar-refractivity contribution in [3.05, 3.63) is 29.8 Å². The number of benzene rings is 1. The molecule has 0 aliphatic carbocycles. The van der Waals surface area contributed by atoms with Crippen molar-refractivity contribution in [1.29, 1.82) is 0 Å². The molecular weight excluding hydrogens is 240 g/mol. The molecule has 1 aromatic rings. The van der Waals surface area contributed by atoms with Crippen LogP contribution < -0.4 is 0 Å². The number of carbonyl (C=O) groups excluding carboxylic acids is 2. The zero-order valence-corrected chi connectivity index (χ0v) is 10.6. The molecule has 0 saturated carbocycles. The fourth-order valence-electron chi connectivity index (χ4n) is 1.16. The Kier molecular flexibility index (Phi) is 5.56. The summed E-state index contributed by atoms with van der Waals surface area (Å²) >= 11 is 1.54. The normalized spacial score (nSPS) is 9.76. The molecule has 0 N–H and O–H groups in total. The van der Waals surface area contributed by atoms with Crippen molar-refractivity contribution in [1.82, 2.24) is 0 Å². The van der Waals surface area contributed by atoms with Crippen molar-refractivity contribution >= 4 is 23.7 Å². The van der Waals surface area contributed by atoms with Crippen LogP contribution in [0.1, 0.15) is 16.8 Å². The summed E-state index contributed by atoms with van der Waals surface area (Å²) in [6, 6.07) is 7.06. The van der Waals surface area contributed by atoms with Crippen molar-refractivity contribution in [3.63, 3.8) is 0 Å². The summed E-state index contributed by atoms with van der Waals surface area (Å²) < 4.78 is 9.14. The number of hydrogen-bond donors (Lipinski definition) is 0. The van der Waals surface area contributed by atoms with Gasteiger partial charge in [-0.3, -0.25) is 4.79 Å². The highest BCUT2D eigenvalue weighted by Gasteiger charge is 2.05. The summed E-state index contributed by atoms with van der Waals surface area (Å²) in [4.78, 5) is 23.1. The standard InChI is InChI=1S/C12H14O4S/c1-15-11(13)7-8-17-10-5-3-9(4-6-10)12(14)16-2/h3-6H,7-8H2,1-2H3. The van der Waals surface area contributed by atoms with E-state index < -0.39 is 0 Å². The number of carbonyl (C=O) groups is 2. The van der Waals surface area contributed by atoms with Gasteiger partial charge in [-0.25, -0.2) is 4.79 Å². The first-order valence-electron chi connectivity index (χ1n) is 5.05. The van der Waals surface area contributed by atoms with E-state index in [0.29, 0.717) is 17.7 Å². The van der Waals surface area contributed by atoms with Gasteiger partial charge in [-0.1, -0.05) is 0 Å². The van der Waals surface area contributed by atoms with Crippen LogP contribution in [-0.4, -0.2) is 31.9 Å². The van der Waals surface area contributed by atoms with Crippen LogP contribution in [0.25, 0.3) is 0 Å². The molecule has 0 amide bonds. The topological polar surface area (TPSA) is 52.6 Å². The van der Waals surface area contributed by atoms with E-state index in [1.807, 2.05) is 12.1 Å². The lowest BCUT2D eigenvalue weighted by atomic mass is 10.2. The second-order valence-corrected chi connectivity index (χ2v) is 4.36. The number of esters is 2. The minimum atomic E-state index is -0.351. The fraction of sp³-hybridized carbons (Fsp3) is 0.333. The molecular formula is C12H14O4S. The first-order valence-corrected chi connectivity index (χ1v) is 6.04. The fourth-order valence-corrected chi connectivity index (χ4v) is 1.99. The molecule has 0 aliphatic rings. The Morgan fingerprint density at radius 3 is 2.29 bits per heavy atom. The molecule has 0 unspecified atom stereocenters. The average Bonchev–Trinajstić information content (AvgIpc) is 2.38. The Bertz CT molecular complexity index is 386. The van der Waals surface area contributed by atoms with Crippen molar-refractivity contribution in [3.8, 4) is 0 Å². The maximum atomic E-state index is 11.2. The number of methoxy groups -OCH3 is 2. The monoisotopic (exact) mass is 254 g/mol. The van der Waals surface area contributed by atoms with E-state index in [1.54, 1.807) is 12.1 Å². The number of hydrogen-bond acceptors (Lipinski definition) is 5. The highest BCUT2D eigenvalue weighted by atomic mass is 32.2. The third-order valence-corrected chi connectivity index (χ3v) is 3.09. The first-order chi connectivity index (χ1) is 8.17. The van der Waals surface area contributed by atoms with Crippen LogP contribution in [0.15, 0.2) is 29.2 Å². The quantitative estimate of drug-likeness (QED) is 0.595. The third-order valence-electron chi connectivity index (χ3n) is 2.08. The van der Waals surface area contributed by atoms with Crippen LogP contribution in [0.4, 0.5) is 0 Å². The molecule has 0 bridgehead atoms. The van der Waals surface area contributed by atoms with E-state index in [2.05, 4.69) is 9.47 Å². The van der Waals surface area contributed by atoms with Gasteiger partial charge in [0.25, 0.3) is 0 Å². The van der Waals surface area contributed by atoms with Crippen LogP contribution in [0.3, 0.4) is 0 Å². The molecule has 5 heteroatoms. The zero-order chi connectivity index (χ0) is 12.7. The lowest BCUT2D eigenvalue weighted by molar-refractivity contribution is -0.140. The van der Waals surface area contributed by atoms with Crippen molar-refractivity contribution < 1.29 is 19.1 Å². The van der Waals surface area contributed by atoms with Gasteiger partial charge in [-0.05, 0) is 24.3 Å². The Morgan fingerprint density at radius 1 is 1.12 bits per heavy atom. The first kappa shape index (κ1) is 13.6. The lowest BCUT2D eigenvalue weighted by Gasteiger charge is -2.02. The highest BCUT2D eigenvalue weighted by Crippen LogP contribution is 2.19. The second kappa shape index (κ2) is 6.96. The van der Waals surface area contributed by atoms with Gasteiger partial charge in [0.05, 0.1) is 26.2 Å². The lowest BCUT2D eigenvalue weighted by Crippen LogP contribution is -2.01. The predicted octanol–water partition coefficient (Wildman–Crippen LogP) is 2.13. The molecule has 0 aromatic heterocycles. The van der Waals surface area contributed by atoms with Crippen LogP contribution in [0, 0.1) is 0 Å². The molecule has 0 radical (unpaired) electrons. The van der Waals surface area contributed by atoms with E-state index in [-0.39, 0.29) is 11.9 Å². The van der Waals surface area contributed by atoms with Gasteiger partial charge in [0, 0.05) is 10.6 Å². The third kappa shape index (κ3) is 4.48. The van der Waals surface area contributed by atoms with E-state index in [9.17, 15) is 9.59 Å². The van der Waals surface area contributed by atoms with Crippen LogP contribution in [-0.2, 0) is 14.3 Å². The second-order valence-electron chi connectivity index (χ2n) is 3.19. The van der Waals surface area contributed by atoms with E-state index in [0.717, 1.165) is 4.90 Å². The van der Waals surface area contributed by atoms with Gasteiger partial charge >= 0.3 is 11.9 Å². The number of rotatable bonds is 5. The minimum Gasteiger partial charge on any atom is -0.469 e. The predicted molar refractivity (Wildman–Crippen MR) is 65.1 cm³/mol. The molecule has 0 spiro atoms. The van der Waals surface area contributed by atoms with Gasteiger partial charge < -0.3 is 9.47 Å². The Labute approximate surface area is 104 Å². The Hall–Kier alpha value is -1.49. The van der Waals surface area contributed by atoms with Crippen LogP contribution in [0.2, 0.25) is 0 Å². The van der Waals surface area contributed by atoms with Gasteiger partial charge in [-0.2, -0.15) is 0 Å². The van der Waals surface area contributed by atoms with E-state index in [1.165, 1.54) is 26.0 Å². The molecule has 1 rings (SSSR count). The van der Waals surface area contributed by atoms with Crippen LogP contribution >= 0.6 is 11.8 Å². The smallest absolute Gasteiger partial charge is 0.337 e. The van der Waals surface area contributed by atoms with Crippen molar-refractivity contribution in [2.45, 2.75) is 11.3 Å².